The molecule has 0 heterocycles. The minimum absolute atomic E-state index is 0.644. The van der Waals surface area contributed by atoms with Gasteiger partial charge in [-0.3, -0.25) is 0 Å². The van der Waals surface area contributed by atoms with Gasteiger partial charge in [-0.05, 0) is 72.5 Å². The number of benzene rings is 5. The number of hydrogen-bond acceptors (Lipinski definition) is 3. The first-order chi connectivity index (χ1) is 16.6. The Morgan fingerprint density at radius 3 is 1.89 bits per heavy atom. The van der Waals surface area contributed by atoms with Gasteiger partial charge in [0.15, 0.2) is 5.60 Å². The third-order valence-electron chi connectivity index (χ3n) is 6.59. The zero-order valence-corrected chi connectivity index (χ0v) is 20.8. The third kappa shape index (κ3) is 4.37. The molecular formula is C32H30O3. The van der Waals surface area contributed by atoms with E-state index in [1.807, 2.05) is 64.1 Å². The highest BCUT2D eigenvalue weighted by atomic mass is 17.2. The van der Waals surface area contributed by atoms with Crippen LogP contribution in [-0.2, 0) is 21.0 Å². The van der Waals surface area contributed by atoms with E-state index in [2.05, 4.69) is 60.4 Å². The fraction of sp³-hybridized carbons (Fsp3) is 0.250. The van der Waals surface area contributed by atoms with E-state index in [0.717, 1.165) is 27.3 Å². The van der Waals surface area contributed by atoms with Gasteiger partial charge in [0.25, 0.3) is 0 Å². The van der Waals surface area contributed by atoms with Crippen LogP contribution >= 0.6 is 0 Å². The van der Waals surface area contributed by atoms with Crippen LogP contribution in [0.15, 0.2) is 84.9 Å². The lowest BCUT2D eigenvalue weighted by Crippen LogP contribution is -2.31. The molecule has 0 fully saturated rings. The van der Waals surface area contributed by atoms with E-state index in [0.29, 0.717) is 0 Å². The molecule has 5 rings (SSSR count). The molecule has 0 aromatic heterocycles. The summed E-state index contributed by atoms with van der Waals surface area (Å²) in [5, 5.41) is 18.4. The minimum Gasteiger partial charge on any atom is -0.374 e. The van der Waals surface area contributed by atoms with Gasteiger partial charge in [-0.1, -0.05) is 96.8 Å². The van der Waals surface area contributed by atoms with Crippen LogP contribution in [-0.4, -0.2) is 10.7 Å². The molecule has 5 aromatic carbocycles. The van der Waals surface area contributed by atoms with Crippen LogP contribution in [0.25, 0.3) is 32.3 Å². The van der Waals surface area contributed by atoms with Crippen LogP contribution in [0, 0.1) is 11.8 Å². The smallest absolute Gasteiger partial charge is 0.158 e. The Bertz CT molecular complexity index is 1550. The van der Waals surface area contributed by atoms with Crippen molar-refractivity contribution < 1.29 is 14.9 Å². The Morgan fingerprint density at radius 2 is 1.20 bits per heavy atom. The molecule has 0 radical (unpaired) electrons. The molecule has 1 N–H and O–H groups in total. The maximum absolute atomic E-state index is 11.5. The summed E-state index contributed by atoms with van der Waals surface area (Å²) >= 11 is 0. The lowest BCUT2D eigenvalue weighted by atomic mass is 9.86. The minimum atomic E-state index is -1.38. The summed E-state index contributed by atoms with van der Waals surface area (Å²) in [6.07, 6.45) is 0. The maximum atomic E-state index is 11.5. The predicted octanol–water partition coefficient (Wildman–Crippen LogP) is 7.46. The second kappa shape index (κ2) is 8.36. The zero-order chi connectivity index (χ0) is 24.8. The van der Waals surface area contributed by atoms with Gasteiger partial charge in [-0.2, -0.15) is 0 Å². The maximum Gasteiger partial charge on any atom is 0.158 e. The van der Waals surface area contributed by atoms with Gasteiger partial charge in [0, 0.05) is 5.56 Å². The average Bonchev–Trinajstić information content (AvgIpc) is 2.86. The molecule has 1 unspecified atom stereocenters. The predicted molar refractivity (Wildman–Crippen MR) is 143 cm³/mol. The number of rotatable bonds is 5. The third-order valence-corrected chi connectivity index (χ3v) is 6.59. The van der Waals surface area contributed by atoms with Crippen LogP contribution in [0.4, 0.5) is 0 Å². The van der Waals surface area contributed by atoms with Crippen molar-refractivity contribution in [3.05, 3.63) is 96.1 Å². The summed E-state index contributed by atoms with van der Waals surface area (Å²) in [6, 6.07) is 28.8. The van der Waals surface area contributed by atoms with Crippen molar-refractivity contribution in [3.63, 3.8) is 0 Å². The van der Waals surface area contributed by atoms with E-state index in [1.165, 1.54) is 16.2 Å². The highest BCUT2D eigenvalue weighted by molar-refractivity contribution is 6.23. The fourth-order valence-electron chi connectivity index (χ4n) is 4.62. The molecule has 0 saturated carbocycles. The molecule has 1 atom stereocenters. The molecular weight excluding hydrogens is 432 g/mol. The molecule has 0 bridgehead atoms. The molecule has 3 nitrogen and oxygen atoms in total. The second-order valence-corrected chi connectivity index (χ2v) is 10.3. The topological polar surface area (TPSA) is 38.7 Å². The first-order valence-electron chi connectivity index (χ1n) is 11.9. The van der Waals surface area contributed by atoms with Crippen molar-refractivity contribution in [2.24, 2.45) is 0 Å². The van der Waals surface area contributed by atoms with Gasteiger partial charge in [-0.25, -0.2) is 9.78 Å². The van der Waals surface area contributed by atoms with Gasteiger partial charge >= 0.3 is 0 Å². The summed E-state index contributed by atoms with van der Waals surface area (Å²) in [5.41, 5.74) is -1.17. The molecule has 0 aliphatic rings. The zero-order valence-electron chi connectivity index (χ0n) is 20.8. The summed E-state index contributed by atoms with van der Waals surface area (Å²) < 4.78 is 0. The van der Waals surface area contributed by atoms with Crippen molar-refractivity contribution in [3.8, 4) is 11.8 Å². The molecule has 0 aliphatic heterocycles. The molecule has 3 heteroatoms. The molecule has 0 saturated heterocycles. The average molecular weight is 463 g/mol. The summed E-state index contributed by atoms with van der Waals surface area (Å²) in [4.78, 5) is 11.6. The monoisotopic (exact) mass is 462 g/mol. The highest BCUT2D eigenvalue weighted by Gasteiger charge is 2.29. The standard InChI is InChI=1S/C32H30O3/c1-30(2,34-35-31(3,4)25-12-7-6-8-13-25)20-21-32(5,33)27-19-17-24-15-14-22-10-9-11-23-16-18-26(27)29(24)28(22)23/h6-19,33H,1-5H3. The van der Waals surface area contributed by atoms with Crippen LogP contribution in [0.3, 0.4) is 0 Å². The number of hydrogen-bond donors (Lipinski definition) is 1. The summed E-state index contributed by atoms with van der Waals surface area (Å²) in [5.74, 6) is 6.17. The first-order valence-corrected chi connectivity index (χ1v) is 11.9. The lowest BCUT2D eigenvalue weighted by Gasteiger charge is -2.28. The van der Waals surface area contributed by atoms with Crippen molar-refractivity contribution in [2.75, 3.05) is 0 Å². The van der Waals surface area contributed by atoms with E-state index in [4.69, 9.17) is 9.78 Å². The highest BCUT2D eigenvalue weighted by Crippen LogP contribution is 2.39. The van der Waals surface area contributed by atoms with Crippen LogP contribution in [0.1, 0.15) is 45.7 Å². The largest absolute Gasteiger partial charge is 0.374 e. The quantitative estimate of drug-likeness (QED) is 0.128. The van der Waals surface area contributed by atoms with E-state index in [1.54, 1.807) is 6.92 Å². The Balaban J connectivity index is 1.47. The SMILES string of the molecule is CC(C)(C#CC(C)(O)c1ccc2ccc3cccc4ccc1c2c34)OOC(C)(C)c1ccccc1. The van der Waals surface area contributed by atoms with E-state index in [9.17, 15) is 5.11 Å². The summed E-state index contributed by atoms with van der Waals surface area (Å²) in [7, 11) is 0. The molecule has 35 heavy (non-hydrogen) atoms. The van der Waals surface area contributed by atoms with Crippen molar-refractivity contribution in [2.45, 2.75) is 51.4 Å². The van der Waals surface area contributed by atoms with E-state index >= 15 is 0 Å². The van der Waals surface area contributed by atoms with E-state index < -0.39 is 16.8 Å². The van der Waals surface area contributed by atoms with Crippen LogP contribution < -0.4 is 0 Å². The molecule has 5 aromatic rings. The molecule has 176 valence electrons. The summed E-state index contributed by atoms with van der Waals surface area (Å²) in [6.45, 7) is 9.30. The Labute approximate surface area is 206 Å². The fourth-order valence-corrected chi connectivity index (χ4v) is 4.62. The van der Waals surface area contributed by atoms with Gasteiger partial charge in [-0.15, -0.1) is 0 Å². The molecule has 0 amide bonds. The van der Waals surface area contributed by atoms with Gasteiger partial charge in [0.1, 0.15) is 11.2 Å². The Hall–Kier alpha value is -3.42. The van der Waals surface area contributed by atoms with Crippen molar-refractivity contribution >= 4 is 32.3 Å². The molecule has 0 spiro atoms. The van der Waals surface area contributed by atoms with E-state index in [-0.39, 0.29) is 0 Å². The van der Waals surface area contributed by atoms with Gasteiger partial charge in [0.05, 0.1) is 0 Å². The van der Waals surface area contributed by atoms with Crippen LogP contribution in [0.5, 0.6) is 0 Å². The second-order valence-electron chi connectivity index (χ2n) is 10.3. The normalized spacial score (nSPS) is 14.2. The number of aliphatic hydroxyl groups is 1. The Morgan fingerprint density at radius 1 is 0.600 bits per heavy atom. The molecule has 0 aliphatic carbocycles. The Kier molecular flexibility index (Phi) is 5.57. The van der Waals surface area contributed by atoms with Crippen molar-refractivity contribution in [1.82, 2.24) is 0 Å². The van der Waals surface area contributed by atoms with Crippen LogP contribution in [0.2, 0.25) is 0 Å². The first kappa shape index (κ1) is 23.3. The van der Waals surface area contributed by atoms with Gasteiger partial charge in [0.2, 0.25) is 0 Å². The lowest BCUT2D eigenvalue weighted by molar-refractivity contribution is -0.393. The van der Waals surface area contributed by atoms with Gasteiger partial charge < -0.3 is 5.11 Å². The van der Waals surface area contributed by atoms with Crippen molar-refractivity contribution in [1.29, 1.82) is 0 Å².